The fourth-order valence-corrected chi connectivity index (χ4v) is 3.66. The summed E-state index contributed by atoms with van der Waals surface area (Å²) in [7, 11) is 4.02. The zero-order chi connectivity index (χ0) is 20.4. The predicted octanol–water partition coefficient (Wildman–Crippen LogP) is 4.68. The molecule has 0 saturated heterocycles. The van der Waals surface area contributed by atoms with Gasteiger partial charge in [0.05, 0.1) is 6.10 Å². The second-order valence-electron chi connectivity index (χ2n) is 7.97. The number of hydrogen-bond acceptors (Lipinski definition) is 3. The number of likely N-dealkylation sites (N-methyl/N-ethyl adjacent to an activating group) is 1. The zero-order valence-electron chi connectivity index (χ0n) is 17.8. The molecule has 0 aliphatic heterocycles. The van der Waals surface area contributed by atoms with Crippen molar-refractivity contribution in [2.45, 2.75) is 57.6 Å². The highest BCUT2D eigenvalue weighted by molar-refractivity contribution is 5.89. The minimum Gasteiger partial charge on any atom is -0.378 e. The SMILES string of the molecule is C=CCN(C)CCCCO[C@H]1CC[C@H](N(C)C(=O)Nc2ccc(C)cc2)CC1. The van der Waals surface area contributed by atoms with Crippen molar-refractivity contribution in [1.29, 1.82) is 0 Å². The van der Waals surface area contributed by atoms with Crippen LogP contribution in [0.1, 0.15) is 44.1 Å². The van der Waals surface area contributed by atoms with Crippen LogP contribution in [0.25, 0.3) is 0 Å². The number of amides is 2. The average molecular weight is 388 g/mol. The normalized spacial score (nSPS) is 19.4. The molecule has 0 atom stereocenters. The minimum absolute atomic E-state index is 0.0307. The van der Waals surface area contributed by atoms with Crippen LogP contribution >= 0.6 is 0 Å². The van der Waals surface area contributed by atoms with Crippen molar-refractivity contribution in [3.8, 4) is 0 Å². The number of hydrogen-bond donors (Lipinski definition) is 1. The van der Waals surface area contributed by atoms with E-state index in [1.54, 1.807) is 0 Å². The molecule has 2 rings (SSSR count). The first-order valence-corrected chi connectivity index (χ1v) is 10.5. The predicted molar refractivity (Wildman–Crippen MR) is 117 cm³/mol. The lowest BCUT2D eigenvalue weighted by atomic mass is 9.92. The summed E-state index contributed by atoms with van der Waals surface area (Å²) < 4.78 is 6.06. The Morgan fingerprint density at radius 2 is 1.86 bits per heavy atom. The van der Waals surface area contributed by atoms with Crippen LogP contribution in [-0.4, -0.2) is 61.8 Å². The lowest BCUT2D eigenvalue weighted by Gasteiger charge is -2.34. The molecule has 1 fully saturated rings. The van der Waals surface area contributed by atoms with Crippen molar-refractivity contribution >= 4 is 11.7 Å². The molecule has 0 bridgehead atoms. The van der Waals surface area contributed by atoms with Gasteiger partial charge in [-0.05, 0) is 71.2 Å². The number of ether oxygens (including phenoxy) is 1. The summed E-state index contributed by atoms with van der Waals surface area (Å²) in [5.74, 6) is 0. The Labute approximate surface area is 170 Å². The summed E-state index contributed by atoms with van der Waals surface area (Å²) in [6, 6.07) is 8.17. The first-order chi connectivity index (χ1) is 13.5. The summed E-state index contributed by atoms with van der Waals surface area (Å²) in [4.78, 5) is 16.6. The Balaban J connectivity index is 1.62. The maximum atomic E-state index is 12.5. The van der Waals surface area contributed by atoms with Crippen molar-refractivity contribution in [3.63, 3.8) is 0 Å². The second kappa shape index (κ2) is 11.9. The number of urea groups is 1. The van der Waals surface area contributed by atoms with Gasteiger partial charge in [0.25, 0.3) is 0 Å². The van der Waals surface area contributed by atoms with Crippen molar-refractivity contribution in [2.24, 2.45) is 0 Å². The van der Waals surface area contributed by atoms with Crippen LogP contribution < -0.4 is 5.32 Å². The summed E-state index contributed by atoms with van der Waals surface area (Å²) >= 11 is 0. The third-order valence-electron chi connectivity index (χ3n) is 5.54. The molecule has 28 heavy (non-hydrogen) atoms. The molecular weight excluding hydrogens is 350 g/mol. The van der Waals surface area contributed by atoms with Crippen molar-refractivity contribution < 1.29 is 9.53 Å². The molecule has 0 radical (unpaired) electrons. The maximum Gasteiger partial charge on any atom is 0.321 e. The summed E-state index contributed by atoms with van der Waals surface area (Å²) in [6.07, 6.45) is 8.60. The molecule has 0 spiro atoms. The van der Waals surface area contributed by atoms with Gasteiger partial charge in [0.1, 0.15) is 0 Å². The van der Waals surface area contributed by atoms with Gasteiger partial charge in [-0.15, -0.1) is 6.58 Å². The summed E-state index contributed by atoms with van der Waals surface area (Å²) in [5.41, 5.74) is 2.03. The number of carbonyl (C=O) groups excluding carboxylic acids is 1. The Kier molecular flexibility index (Phi) is 9.51. The van der Waals surface area contributed by atoms with Crippen LogP contribution in [0.4, 0.5) is 10.5 Å². The molecule has 0 heterocycles. The van der Waals surface area contributed by atoms with E-state index in [1.165, 1.54) is 5.56 Å². The third-order valence-corrected chi connectivity index (χ3v) is 5.54. The van der Waals surface area contributed by atoms with Gasteiger partial charge in [-0.2, -0.15) is 0 Å². The number of benzene rings is 1. The van der Waals surface area contributed by atoms with Gasteiger partial charge in [-0.1, -0.05) is 23.8 Å². The quantitative estimate of drug-likeness (QED) is 0.468. The van der Waals surface area contributed by atoms with Crippen LogP contribution in [0.5, 0.6) is 0 Å². The molecule has 0 unspecified atom stereocenters. The van der Waals surface area contributed by atoms with E-state index in [9.17, 15) is 4.79 Å². The molecule has 1 N–H and O–H groups in total. The summed E-state index contributed by atoms with van der Waals surface area (Å²) in [5, 5.41) is 2.99. The first kappa shape index (κ1) is 22.4. The number of carbonyl (C=O) groups is 1. The number of rotatable bonds is 10. The number of unbranched alkanes of at least 4 members (excludes halogenated alkanes) is 1. The molecular formula is C23H37N3O2. The lowest BCUT2D eigenvalue weighted by Crippen LogP contribution is -2.42. The topological polar surface area (TPSA) is 44.8 Å². The first-order valence-electron chi connectivity index (χ1n) is 10.5. The number of nitrogens with zero attached hydrogens (tertiary/aromatic N) is 2. The Morgan fingerprint density at radius 3 is 2.50 bits per heavy atom. The largest absolute Gasteiger partial charge is 0.378 e. The number of anilines is 1. The van der Waals surface area contributed by atoms with E-state index in [0.717, 1.165) is 63.9 Å². The van der Waals surface area contributed by atoms with E-state index < -0.39 is 0 Å². The molecule has 1 aromatic rings. The van der Waals surface area contributed by atoms with Crippen LogP contribution in [-0.2, 0) is 4.74 Å². The Hall–Kier alpha value is -1.85. The molecule has 1 aliphatic rings. The molecule has 1 aliphatic carbocycles. The highest BCUT2D eigenvalue weighted by Gasteiger charge is 2.26. The fourth-order valence-electron chi connectivity index (χ4n) is 3.66. The van der Waals surface area contributed by atoms with Gasteiger partial charge >= 0.3 is 6.03 Å². The van der Waals surface area contributed by atoms with Crippen molar-refractivity contribution in [3.05, 3.63) is 42.5 Å². The number of aryl methyl sites for hydroxylation is 1. The molecule has 5 heteroatoms. The summed E-state index contributed by atoms with van der Waals surface area (Å²) in [6.45, 7) is 8.67. The average Bonchev–Trinajstić information content (AvgIpc) is 2.69. The van der Waals surface area contributed by atoms with Gasteiger partial charge in [0.2, 0.25) is 0 Å². The second-order valence-corrected chi connectivity index (χ2v) is 7.97. The van der Waals surface area contributed by atoms with Crippen LogP contribution in [0.15, 0.2) is 36.9 Å². The Morgan fingerprint density at radius 1 is 1.18 bits per heavy atom. The molecule has 0 aromatic heterocycles. The van der Waals surface area contributed by atoms with Crippen LogP contribution in [0.3, 0.4) is 0 Å². The maximum absolute atomic E-state index is 12.5. The smallest absolute Gasteiger partial charge is 0.321 e. The van der Waals surface area contributed by atoms with Crippen LogP contribution in [0, 0.1) is 6.92 Å². The molecule has 1 saturated carbocycles. The van der Waals surface area contributed by atoms with E-state index in [2.05, 4.69) is 23.8 Å². The number of nitrogens with one attached hydrogen (secondary N) is 1. The van der Waals surface area contributed by atoms with Crippen LogP contribution in [0.2, 0.25) is 0 Å². The minimum atomic E-state index is -0.0307. The van der Waals surface area contributed by atoms with E-state index in [1.807, 2.05) is 49.2 Å². The van der Waals surface area contributed by atoms with Crippen molar-refractivity contribution in [1.82, 2.24) is 9.80 Å². The van der Waals surface area contributed by atoms with Gasteiger partial charge in [0.15, 0.2) is 0 Å². The lowest BCUT2D eigenvalue weighted by molar-refractivity contribution is 0.0127. The van der Waals surface area contributed by atoms with E-state index in [-0.39, 0.29) is 12.1 Å². The fraction of sp³-hybridized carbons (Fsp3) is 0.609. The van der Waals surface area contributed by atoms with Gasteiger partial charge in [-0.3, -0.25) is 0 Å². The van der Waals surface area contributed by atoms with Gasteiger partial charge < -0.3 is 19.9 Å². The standard InChI is InChI=1S/C23H37N3O2/c1-5-16-25(3)17-6-7-18-28-22-14-12-21(13-15-22)26(4)23(27)24-20-10-8-19(2)9-11-20/h5,8-11,21-22H,1,6-7,12-18H2,2-4H3,(H,24,27)/t21-,22-. The van der Waals surface area contributed by atoms with E-state index >= 15 is 0 Å². The van der Waals surface area contributed by atoms with Gasteiger partial charge in [-0.25, -0.2) is 4.79 Å². The van der Waals surface area contributed by atoms with Gasteiger partial charge in [0, 0.05) is 31.9 Å². The third kappa shape index (κ3) is 7.64. The monoisotopic (exact) mass is 387 g/mol. The van der Waals surface area contributed by atoms with E-state index in [4.69, 9.17) is 4.74 Å². The Bertz CT molecular complexity index is 594. The molecule has 156 valence electrons. The molecule has 2 amide bonds. The highest BCUT2D eigenvalue weighted by Crippen LogP contribution is 2.25. The zero-order valence-corrected chi connectivity index (χ0v) is 17.8. The molecule has 1 aromatic carbocycles. The molecule has 5 nitrogen and oxygen atoms in total. The van der Waals surface area contributed by atoms with E-state index in [0.29, 0.717) is 6.10 Å². The highest BCUT2D eigenvalue weighted by atomic mass is 16.5. The van der Waals surface area contributed by atoms with Crippen molar-refractivity contribution in [2.75, 3.05) is 39.1 Å².